The van der Waals surface area contributed by atoms with Crippen LogP contribution in [0.2, 0.25) is 0 Å². The molecule has 5 aromatic rings. The summed E-state index contributed by atoms with van der Waals surface area (Å²) < 4.78 is 17.6. The summed E-state index contributed by atoms with van der Waals surface area (Å²) in [6.45, 7) is 2.05. The van der Waals surface area contributed by atoms with Crippen LogP contribution in [0.4, 0.5) is 4.39 Å². The highest BCUT2D eigenvalue weighted by atomic mass is 19.1. The third kappa shape index (κ3) is 2.51. The first-order chi connectivity index (χ1) is 15.2. The number of aryl methyl sites for hydroxylation is 1. The number of rotatable bonds is 2. The maximum absolute atomic E-state index is 17.6. The van der Waals surface area contributed by atoms with Gasteiger partial charge in [0.05, 0.1) is 11.2 Å². The van der Waals surface area contributed by atoms with Crippen LogP contribution in [0.15, 0.2) is 103 Å². The monoisotopic (exact) mass is 401 g/mol. The van der Waals surface area contributed by atoms with E-state index in [9.17, 15) is 0 Å². The van der Waals surface area contributed by atoms with Crippen LogP contribution in [0.3, 0.4) is 0 Å². The van der Waals surface area contributed by atoms with E-state index < -0.39 is 5.67 Å². The smallest absolute Gasteiger partial charge is 0.188 e. The summed E-state index contributed by atoms with van der Waals surface area (Å²) in [5.74, 6) is 0. The molecule has 1 aliphatic carbocycles. The Kier molecular flexibility index (Phi) is 3.85. The number of hydrogen-bond acceptors (Lipinski definition) is 1. The molecule has 0 fully saturated rings. The first kappa shape index (κ1) is 18.0. The van der Waals surface area contributed by atoms with Crippen LogP contribution in [0, 0.1) is 6.92 Å². The van der Waals surface area contributed by atoms with Gasteiger partial charge in [-0.1, -0.05) is 103 Å². The molecule has 0 bridgehead atoms. The van der Waals surface area contributed by atoms with Gasteiger partial charge in [-0.3, -0.25) is 0 Å². The van der Waals surface area contributed by atoms with E-state index in [-0.39, 0.29) is 0 Å². The number of benzene rings is 4. The Balaban J connectivity index is 1.84. The highest BCUT2D eigenvalue weighted by molar-refractivity contribution is 6.02. The van der Waals surface area contributed by atoms with Crippen LogP contribution in [0.25, 0.3) is 33.3 Å². The second-order valence-electron chi connectivity index (χ2n) is 8.17. The fourth-order valence-electron chi connectivity index (χ4n) is 4.90. The molecule has 0 spiro atoms. The molecule has 0 saturated heterocycles. The van der Waals surface area contributed by atoms with Crippen molar-refractivity contribution in [3.8, 4) is 22.4 Å². The molecule has 6 rings (SSSR count). The lowest BCUT2D eigenvalue weighted by Gasteiger charge is -2.25. The standard InChI is InChI=1S/C29H20FN/c1-19-16-17-24-23(18-19)26-27(29(24,30)21-12-6-3-7-13-21)22-14-8-9-15-25(22)31-28(26)20-10-4-2-5-11-20/h2-18H,1H3. The van der Waals surface area contributed by atoms with Crippen molar-refractivity contribution in [2.45, 2.75) is 12.6 Å². The molecule has 31 heavy (non-hydrogen) atoms. The number of nitrogens with zero attached hydrogens (tertiary/aromatic N) is 1. The Morgan fingerprint density at radius 1 is 0.742 bits per heavy atom. The van der Waals surface area contributed by atoms with E-state index in [1.807, 2.05) is 97.1 Å². The molecule has 0 amide bonds. The minimum atomic E-state index is -1.74. The molecule has 1 atom stereocenters. The fraction of sp³-hybridized carbons (Fsp3) is 0.0690. The molecule has 1 aromatic heterocycles. The largest absolute Gasteiger partial charge is 0.247 e. The molecular formula is C29H20FN. The summed E-state index contributed by atoms with van der Waals surface area (Å²) in [6.07, 6.45) is 0. The summed E-state index contributed by atoms with van der Waals surface area (Å²) in [5, 5.41) is 0.859. The van der Waals surface area contributed by atoms with Gasteiger partial charge in [0.15, 0.2) is 5.67 Å². The van der Waals surface area contributed by atoms with E-state index in [2.05, 4.69) is 13.0 Å². The Labute approximate surface area is 180 Å². The SMILES string of the molecule is Cc1ccc2c(c1)-c1c(-c3ccccc3)nc3ccccc3c1C2(F)c1ccccc1. The lowest BCUT2D eigenvalue weighted by molar-refractivity contribution is 0.290. The average Bonchev–Trinajstić information content (AvgIpc) is 3.09. The van der Waals surface area contributed by atoms with Crippen molar-refractivity contribution in [3.63, 3.8) is 0 Å². The number of hydrogen-bond donors (Lipinski definition) is 0. The number of aromatic nitrogens is 1. The highest BCUT2D eigenvalue weighted by Crippen LogP contribution is 2.57. The fourth-order valence-corrected chi connectivity index (χ4v) is 4.90. The van der Waals surface area contributed by atoms with E-state index >= 15 is 4.39 Å². The van der Waals surface area contributed by atoms with Crippen molar-refractivity contribution in [2.75, 3.05) is 0 Å². The maximum Gasteiger partial charge on any atom is 0.188 e. The Morgan fingerprint density at radius 3 is 2.19 bits per heavy atom. The molecule has 0 radical (unpaired) electrons. The van der Waals surface area contributed by atoms with Crippen LogP contribution >= 0.6 is 0 Å². The van der Waals surface area contributed by atoms with E-state index in [0.717, 1.165) is 38.9 Å². The quantitative estimate of drug-likeness (QED) is 0.299. The topological polar surface area (TPSA) is 12.9 Å². The third-order valence-electron chi connectivity index (χ3n) is 6.27. The van der Waals surface area contributed by atoms with Crippen molar-refractivity contribution in [1.29, 1.82) is 0 Å². The zero-order valence-electron chi connectivity index (χ0n) is 17.1. The Bertz CT molecular complexity index is 1440. The number of fused-ring (bicyclic) bond motifs is 5. The second-order valence-corrected chi connectivity index (χ2v) is 8.17. The summed E-state index contributed by atoms with van der Waals surface area (Å²) in [4.78, 5) is 5.04. The van der Waals surface area contributed by atoms with Gasteiger partial charge in [-0.15, -0.1) is 0 Å². The molecule has 1 aliphatic rings. The predicted molar refractivity (Wildman–Crippen MR) is 125 cm³/mol. The Morgan fingerprint density at radius 2 is 1.42 bits per heavy atom. The van der Waals surface area contributed by atoms with Gasteiger partial charge in [0, 0.05) is 27.6 Å². The van der Waals surface area contributed by atoms with Crippen molar-refractivity contribution in [2.24, 2.45) is 0 Å². The average molecular weight is 401 g/mol. The van der Waals surface area contributed by atoms with Crippen LogP contribution in [0.1, 0.15) is 22.3 Å². The predicted octanol–water partition coefficient (Wildman–Crippen LogP) is 7.45. The van der Waals surface area contributed by atoms with Crippen molar-refractivity contribution in [1.82, 2.24) is 4.98 Å². The summed E-state index contributed by atoms with van der Waals surface area (Å²) in [7, 11) is 0. The molecule has 4 aromatic carbocycles. The van der Waals surface area contributed by atoms with Gasteiger partial charge >= 0.3 is 0 Å². The molecular weight excluding hydrogens is 381 g/mol. The Hall–Kier alpha value is -3.78. The molecule has 1 nitrogen and oxygen atoms in total. The first-order valence-electron chi connectivity index (χ1n) is 10.5. The molecule has 0 N–H and O–H groups in total. The normalized spacial score (nSPS) is 16.8. The molecule has 0 aliphatic heterocycles. The van der Waals surface area contributed by atoms with Gasteiger partial charge in [0.2, 0.25) is 0 Å². The van der Waals surface area contributed by atoms with Gasteiger partial charge < -0.3 is 0 Å². The van der Waals surface area contributed by atoms with E-state index in [0.29, 0.717) is 16.7 Å². The molecule has 2 heteroatoms. The zero-order valence-corrected chi connectivity index (χ0v) is 17.1. The van der Waals surface area contributed by atoms with Gasteiger partial charge in [-0.2, -0.15) is 0 Å². The van der Waals surface area contributed by atoms with Crippen LogP contribution in [0.5, 0.6) is 0 Å². The number of alkyl halides is 1. The van der Waals surface area contributed by atoms with E-state index in [1.54, 1.807) is 0 Å². The molecule has 0 saturated carbocycles. The lowest BCUT2D eigenvalue weighted by Crippen LogP contribution is -2.21. The summed E-state index contributed by atoms with van der Waals surface area (Å²) >= 11 is 0. The van der Waals surface area contributed by atoms with E-state index in [4.69, 9.17) is 4.98 Å². The van der Waals surface area contributed by atoms with Crippen LogP contribution < -0.4 is 0 Å². The van der Waals surface area contributed by atoms with Crippen LogP contribution in [-0.2, 0) is 5.67 Å². The van der Waals surface area contributed by atoms with Gasteiger partial charge in [-0.05, 0) is 24.1 Å². The number of para-hydroxylation sites is 1. The maximum atomic E-state index is 17.6. The molecule has 148 valence electrons. The van der Waals surface area contributed by atoms with Crippen molar-refractivity contribution >= 4 is 10.9 Å². The van der Waals surface area contributed by atoms with E-state index in [1.165, 1.54) is 0 Å². The zero-order chi connectivity index (χ0) is 21.0. The lowest BCUT2D eigenvalue weighted by atomic mass is 9.84. The summed E-state index contributed by atoms with van der Waals surface area (Å²) in [5.41, 5.74) is 5.86. The first-order valence-corrected chi connectivity index (χ1v) is 10.5. The van der Waals surface area contributed by atoms with Crippen molar-refractivity contribution in [3.05, 3.63) is 125 Å². The minimum Gasteiger partial charge on any atom is -0.247 e. The van der Waals surface area contributed by atoms with Gasteiger partial charge in [-0.25, -0.2) is 9.37 Å². The third-order valence-corrected chi connectivity index (χ3v) is 6.27. The molecule has 1 unspecified atom stereocenters. The van der Waals surface area contributed by atoms with Crippen molar-refractivity contribution < 1.29 is 4.39 Å². The second kappa shape index (κ2) is 6.61. The molecule has 1 heterocycles. The van der Waals surface area contributed by atoms with Gasteiger partial charge in [0.25, 0.3) is 0 Å². The van der Waals surface area contributed by atoms with Crippen LogP contribution in [-0.4, -0.2) is 4.98 Å². The number of pyridine rings is 1. The van der Waals surface area contributed by atoms with Gasteiger partial charge in [0.1, 0.15) is 0 Å². The summed E-state index contributed by atoms with van der Waals surface area (Å²) in [6, 6.07) is 33.6. The minimum absolute atomic E-state index is 0.647. The number of halogens is 1. The highest BCUT2D eigenvalue weighted by Gasteiger charge is 2.48.